The van der Waals surface area contributed by atoms with Crippen molar-refractivity contribution >= 4 is 32.7 Å². The van der Waals surface area contributed by atoms with Crippen LogP contribution in [0.1, 0.15) is 12.0 Å². The highest BCUT2D eigenvalue weighted by molar-refractivity contribution is 7.90. The van der Waals surface area contributed by atoms with Crippen LogP contribution in [0.4, 0.5) is 5.69 Å². The Kier molecular flexibility index (Phi) is 8.58. The van der Waals surface area contributed by atoms with Gasteiger partial charge in [-0.2, -0.15) is 5.26 Å². The normalized spacial score (nSPS) is 16.6. The summed E-state index contributed by atoms with van der Waals surface area (Å²) < 4.78 is 41.4. The van der Waals surface area contributed by atoms with E-state index in [1.807, 2.05) is 36.4 Å². The number of nitrogens with zero attached hydrogens (tertiary/aromatic N) is 5. The average molecular weight is 664 g/mol. The highest BCUT2D eigenvalue weighted by Crippen LogP contribution is 2.38. The maximum absolute atomic E-state index is 14.3. The largest absolute Gasteiger partial charge is 0.487 e. The third-order valence-electron chi connectivity index (χ3n) is 8.82. The van der Waals surface area contributed by atoms with Crippen molar-refractivity contribution in [2.24, 2.45) is 0 Å². The molecule has 2 aliphatic heterocycles. The van der Waals surface area contributed by atoms with E-state index in [1.165, 1.54) is 3.97 Å². The number of hydrogen-bond donors (Lipinski definition) is 1. The first-order valence-corrected chi connectivity index (χ1v) is 17.2. The number of amides is 1. The van der Waals surface area contributed by atoms with Gasteiger partial charge in [0.1, 0.15) is 24.5 Å². The van der Waals surface area contributed by atoms with Gasteiger partial charge in [0.15, 0.2) is 5.65 Å². The Morgan fingerprint density at radius 3 is 2.46 bits per heavy atom. The summed E-state index contributed by atoms with van der Waals surface area (Å²) in [7, 11) is -4.06. The summed E-state index contributed by atoms with van der Waals surface area (Å²) in [5.74, 6) is 0.0346. The summed E-state index contributed by atoms with van der Waals surface area (Å²) >= 11 is 0. The Balaban J connectivity index is 1.30. The van der Waals surface area contributed by atoms with E-state index >= 15 is 0 Å². The zero-order valence-corrected chi connectivity index (χ0v) is 26.8. The van der Waals surface area contributed by atoms with Gasteiger partial charge in [-0.3, -0.25) is 4.79 Å². The van der Waals surface area contributed by atoms with Crippen molar-refractivity contribution < 1.29 is 27.8 Å². The quantitative estimate of drug-likeness (QED) is 0.258. The summed E-state index contributed by atoms with van der Waals surface area (Å²) in [6, 6.07) is 27.2. The van der Waals surface area contributed by atoms with Gasteiger partial charge in [-0.1, -0.05) is 36.4 Å². The number of anilines is 1. The fraction of sp³-hybridized carbons (Fsp3) is 0.250. The number of morpholine rings is 1. The van der Waals surface area contributed by atoms with Crippen molar-refractivity contribution in [1.82, 2.24) is 13.9 Å². The number of fused-ring (bicyclic) bond motifs is 1. The molecular formula is C36H33N5O6S. The number of benzene rings is 3. The van der Waals surface area contributed by atoms with Crippen LogP contribution in [0.25, 0.3) is 33.4 Å². The second-order valence-electron chi connectivity index (χ2n) is 11.7. The molecule has 11 nitrogen and oxygen atoms in total. The lowest BCUT2D eigenvalue weighted by molar-refractivity contribution is -0.133. The summed E-state index contributed by atoms with van der Waals surface area (Å²) in [5, 5.41) is 19.9. The van der Waals surface area contributed by atoms with Gasteiger partial charge >= 0.3 is 0 Å². The molecule has 244 valence electrons. The van der Waals surface area contributed by atoms with E-state index < -0.39 is 16.6 Å². The average Bonchev–Trinajstić information content (AvgIpc) is 3.78. The van der Waals surface area contributed by atoms with E-state index in [9.17, 15) is 23.6 Å². The van der Waals surface area contributed by atoms with Crippen molar-refractivity contribution in [2.45, 2.75) is 17.4 Å². The van der Waals surface area contributed by atoms with Crippen LogP contribution in [0.3, 0.4) is 0 Å². The first-order valence-electron chi connectivity index (χ1n) is 15.7. The van der Waals surface area contributed by atoms with Gasteiger partial charge < -0.3 is 24.4 Å². The predicted octanol–water partition coefficient (Wildman–Crippen LogP) is 4.29. The maximum atomic E-state index is 14.3. The lowest BCUT2D eigenvalue weighted by Crippen LogP contribution is -2.36. The number of aliphatic hydroxyl groups is 1. The van der Waals surface area contributed by atoms with Gasteiger partial charge in [0.25, 0.3) is 10.0 Å². The summed E-state index contributed by atoms with van der Waals surface area (Å²) in [6.07, 6.45) is 1.85. The SMILES string of the molecule is N#Cc1cc(-c2ccnc3c2cc(-c2ccc(N4CCOCC4)cc2)n3S(=O)(=O)c2ccccc2)ccc1OC1CCN(C(=O)CO)C1. The smallest absolute Gasteiger partial charge is 0.269 e. The summed E-state index contributed by atoms with van der Waals surface area (Å²) in [5.41, 5.74) is 4.18. The van der Waals surface area contributed by atoms with Crippen LogP contribution in [0.5, 0.6) is 5.75 Å². The molecule has 0 radical (unpaired) electrons. The fourth-order valence-electron chi connectivity index (χ4n) is 6.35. The Morgan fingerprint density at radius 1 is 0.979 bits per heavy atom. The zero-order chi connectivity index (χ0) is 33.3. The number of hydrogen-bond acceptors (Lipinski definition) is 9. The number of pyridine rings is 1. The van der Waals surface area contributed by atoms with Crippen LogP contribution >= 0.6 is 0 Å². The number of carbonyl (C=O) groups excluding carboxylic acids is 1. The minimum atomic E-state index is -4.06. The number of carbonyl (C=O) groups is 1. The van der Waals surface area contributed by atoms with Crippen molar-refractivity contribution in [2.75, 3.05) is 50.9 Å². The van der Waals surface area contributed by atoms with Crippen molar-refractivity contribution in [1.29, 1.82) is 5.26 Å². The standard InChI is InChI=1S/C36H33N5O6S/c37-22-27-20-26(8-11-34(27)47-29-13-15-40(23-29)35(43)24-42)31-12-14-38-36-32(31)21-33(41(36)48(44,45)30-4-2-1-3-5-30)25-6-9-28(10-7-25)39-16-18-46-19-17-39/h1-12,14,20-21,29,42H,13,15-19,23-24H2. The number of aliphatic hydroxyl groups excluding tert-OH is 1. The van der Waals surface area contributed by atoms with E-state index in [4.69, 9.17) is 9.47 Å². The van der Waals surface area contributed by atoms with Crippen molar-refractivity contribution in [3.05, 3.63) is 96.7 Å². The first-order chi connectivity index (χ1) is 23.4. The Hall–Kier alpha value is -5.22. The van der Waals surface area contributed by atoms with Crippen LogP contribution in [0, 0.1) is 11.3 Å². The lowest BCUT2D eigenvalue weighted by Gasteiger charge is -2.28. The molecular weight excluding hydrogens is 630 g/mol. The third-order valence-corrected chi connectivity index (χ3v) is 10.5. The van der Waals surface area contributed by atoms with Crippen LogP contribution in [0.2, 0.25) is 0 Å². The summed E-state index contributed by atoms with van der Waals surface area (Å²) in [4.78, 5) is 20.4. The van der Waals surface area contributed by atoms with Gasteiger partial charge in [0.2, 0.25) is 5.91 Å². The number of rotatable bonds is 8. The minimum absolute atomic E-state index is 0.139. The molecule has 3 aromatic carbocycles. The highest BCUT2D eigenvalue weighted by Gasteiger charge is 2.29. The van der Waals surface area contributed by atoms with Gasteiger partial charge in [-0.05, 0) is 65.2 Å². The number of likely N-dealkylation sites (tertiary alicyclic amines) is 1. The Morgan fingerprint density at radius 2 is 1.73 bits per heavy atom. The third kappa shape index (κ3) is 5.88. The Labute approximate surface area is 278 Å². The molecule has 2 saturated heterocycles. The van der Waals surface area contributed by atoms with Gasteiger partial charge in [-0.25, -0.2) is 17.4 Å². The second kappa shape index (κ2) is 13.1. The van der Waals surface area contributed by atoms with E-state index in [0.29, 0.717) is 71.8 Å². The van der Waals surface area contributed by atoms with E-state index in [-0.39, 0.29) is 22.6 Å². The molecule has 0 aliphatic carbocycles. The highest BCUT2D eigenvalue weighted by atomic mass is 32.2. The minimum Gasteiger partial charge on any atom is -0.487 e. The topological polar surface area (TPSA) is 138 Å². The Bertz CT molecular complexity index is 2120. The molecule has 7 rings (SSSR count). The maximum Gasteiger partial charge on any atom is 0.269 e. The summed E-state index contributed by atoms with van der Waals surface area (Å²) in [6.45, 7) is 3.13. The molecule has 0 bridgehead atoms. The number of ether oxygens (including phenoxy) is 2. The van der Waals surface area contributed by atoms with E-state index in [2.05, 4.69) is 16.0 Å². The van der Waals surface area contributed by atoms with Gasteiger partial charge in [-0.15, -0.1) is 0 Å². The van der Waals surface area contributed by atoms with Crippen LogP contribution in [-0.4, -0.2) is 85.4 Å². The molecule has 0 spiro atoms. The van der Waals surface area contributed by atoms with Crippen LogP contribution in [-0.2, 0) is 19.6 Å². The molecule has 1 atom stereocenters. The number of aromatic nitrogens is 2. The fourth-order valence-corrected chi connectivity index (χ4v) is 7.85. The molecule has 1 amide bonds. The molecule has 1 unspecified atom stereocenters. The molecule has 1 N–H and O–H groups in total. The lowest BCUT2D eigenvalue weighted by atomic mass is 10.0. The zero-order valence-electron chi connectivity index (χ0n) is 26.0. The molecule has 48 heavy (non-hydrogen) atoms. The molecule has 4 heterocycles. The molecule has 2 fully saturated rings. The molecule has 12 heteroatoms. The number of nitriles is 1. The molecule has 5 aromatic rings. The van der Waals surface area contributed by atoms with E-state index in [0.717, 1.165) is 18.8 Å². The van der Waals surface area contributed by atoms with Crippen molar-refractivity contribution in [3.63, 3.8) is 0 Å². The van der Waals surface area contributed by atoms with E-state index in [1.54, 1.807) is 59.6 Å². The van der Waals surface area contributed by atoms with Crippen LogP contribution < -0.4 is 9.64 Å². The molecule has 0 saturated carbocycles. The first kappa shape index (κ1) is 31.4. The molecule has 2 aliphatic rings. The second-order valence-corrected chi connectivity index (χ2v) is 13.5. The van der Waals surface area contributed by atoms with Crippen molar-refractivity contribution in [3.8, 4) is 34.2 Å². The van der Waals surface area contributed by atoms with Gasteiger partial charge in [0.05, 0.1) is 35.9 Å². The molecule has 2 aromatic heterocycles. The van der Waals surface area contributed by atoms with Gasteiger partial charge in [0, 0.05) is 43.3 Å². The monoisotopic (exact) mass is 663 g/mol. The predicted molar refractivity (Wildman–Crippen MR) is 180 cm³/mol. The van der Waals surface area contributed by atoms with Crippen LogP contribution in [0.15, 0.2) is 96.0 Å².